The number of carbonyl (C=O) groups excluding carboxylic acids is 2. The van der Waals surface area contributed by atoms with Crippen molar-refractivity contribution in [3.63, 3.8) is 0 Å². The Kier molecular flexibility index (Phi) is 14.3. The molecule has 2 amide bonds. The maximum absolute atomic E-state index is 12.3. The molecule has 1 aliphatic rings. The monoisotopic (exact) mass is 832 g/mol. The zero-order chi connectivity index (χ0) is 42.6. The number of amides is 2. The number of fused-ring (bicyclic) bond motifs is 8. The number of likely N-dealkylation sites (N-methyl/N-ethyl adjacent to an activating group) is 2. The van der Waals surface area contributed by atoms with Crippen LogP contribution in [-0.2, 0) is 32.0 Å². The Balaban J connectivity index is 1.84. The van der Waals surface area contributed by atoms with E-state index in [1.165, 1.54) is 0 Å². The minimum Gasteiger partial charge on any atom is -0.481 e. The van der Waals surface area contributed by atoms with Crippen molar-refractivity contribution in [2.75, 3.05) is 25.6 Å². The summed E-state index contributed by atoms with van der Waals surface area (Å²) < 4.78 is 0. The number of nitrogens with two attached hydrogens (primary N) is 2. The number of aromatic amines is 4. The summed E-state index contributed by atoms with van der Waals surface area (Å²) in [6, 6.07) is -1.36. The summed E-state index contributed by atoms with van der Waals surface area (Å²) in [5, 5.41) is 27.8. The molecule has 0 spiro atoms. The average Bonchev–Trinajstić information content (AvgIpc) is 3.85. The largest absolute Gasteiger partial charge is 0.481 e. The van der Waals surface area contributed by atoms with Gasteiger partial charge in [0.2, 0.25) is 11.8 Å². The lowest BCUT2D eigenvalue weighted by Crippen LogP contribution is -2.40. The van der Waals surface area contributed by atoms with Crippen LogP contribution < -0.4 is 43.5 Å². The number of hydrogen-bond donors (Lipinski definition) is 10. The smallest absolute Gasteiger partial charge is 0.303 e. The Morgan fingerprint density at radius 1 is 0.586 bits per heavy atom. The Morgan fingerprint density at radius 2 is 1.03 bits per heavy atom. The van der Waals surface area contributed by atoms with Gasteiger partial charge in [-0.1, -0.05) is 0 Å². The highest BCUT2D eigenvalue weighted by Crippen LogP contribution is 2.36. The third-order valence-electron chi connectivity index (χ3n) is 11.0. The van der Waals surface area contributed by atoms with Crippen LogP contribution in [0, 0.1) is 27.7 Å². The Bertz CT molecular complexity index is 2470. The third kappa shape index (κ3) is 9.68. The third-order valence-corrected chi connectivity index (χ3v) is 13.6. The summed E-state index contributed by atoms with van der Waals surface area (Å²) >= 11 is 3.18. The molecule has 4 aromatic heterocycles. The van der Waals surface area contributed by atoms with Crippen LogP contribution in [0.1, 0.15) is 104 Å². The zero-order valence-electron chi connectivity index (χ0n) is 34.4. The number of aromatic nitrogens is 4. The summed E-state index contributed by atoms with van der Waals surface area (Å²) in [5.74, 6) is -1.46. The fraction of sp³-hybridized carbons (Fsp3) is 0.429. The number of H-pyrrole nitrogens is 4. The average molecular weight is 833 g/mol. The molecule has 0 radical (unpaired) electrons. The molecular weight excluding hydrogens is 777 g/mol. The molecule has 4 aromatic rings. The second-order valence-electron chi connectivity index (χ2n) is 14.9. The maximum atomic E-state index is 12.3. The van der Waals surface area contributed by atoms with Crippen molar-refractivity contribution in [3.05, 3.63) is 88.7 Å². The molecule has 0 aliphatic carbocycles. The van der Waals surface area contributed by atoms with Gasteiger partial charge < -0.3 is 52.2 Å². The summed E-state index contributed by atoms with van der Waals surface area (Å²) in [6.07, 6.45) is 8.61. The van der Waals surface area contributed by atoms with Gasteiger partial charge in [0, 0.05) is 93.1 Å². The van der Waals surface area contributed by atoms with E-state index in [9.17, 15) is 29.4 Å². The summed E-state index contributed by atoms with van der Waals surface area (Å²) in [5.41, 5.74) is 23.4. The fourth-order valence-corrected chi connectivity index (χ4v) is 9.87. The molecule has 12 N–H and O–H groups in total. The van der Waals surface area contributed by atoms with Crippen LogP contribution in [0.4, 0.5) is 0 Å². The molecule has 16 heteroatoms. The highest BCUT2D eigenvalue weighted by Gasteiger charge is 2.24. The lowest BCUT2D eigenvalue weighted by atomic mass is 10.0. The lowest BCUT2D eigenvalue weighted by molar-refractivity contribution is -0.138. The first-order valence-electron chi connectivity index (χ1n) is 19.3. The normalized spacial score (nSPS) is 14.2. The van der Waals surface area contributed by atoms with Crippen LogP contribution in [0.25, 0.3) is 24.3 Å². The SMILES string of the molecule is CNC(=O)[C@@H](N)CS[C@H](C)c1c2[nH]c(c1C)C=c1[nH]c(c(C)c1[C@@H](C)SC[C@H](N)C(=O)NC)=Cc1[nH]c(c(CCC(=O)O)c1C)C=c1[nH]c(c(C)c1CCC(=O)O)=C2. The van der Waals surface area contributed by atoms with E-state index in [4.69, 9.17) is 11.5 Å². The van der Waals surface area contributed by atoms with E-state index < -0.39 is 24.0 Å². The molecule has 0 saturated carbocycles. The van der Waals surface area contributed by atoms with Gasteiger partial charge in [0.15, 0.2) is 0 Å². The molecule has 4 atom stereocenters. The van der Waals surface area contributed by atoms with Crippen molar-refractivity contribution in [2.45, 2.75) is 89.8 Å². The molecule has 312 valence electrons. The van der Waals surface area contributed by atoms with E-state index in [2.05, 4.69) is 64.3 Å². The van der Waals surface area contributed by atoms with Crippen molar-refractivity contribution in [3.8, 4) is 0 Å². The number of carboxylic acid groups (broad SMARTS) is 2. The molecular formula is C42H56N8O6S2. The van der Waals surface area contributed by atoms with E-state index in [1.54, 1.807) is 37.6 Å². The van der Waals surface area contributed by atoms with Gasteiger partial charge in [0.05, 0.1) is 12.1 Å². The molecule has 14 nitrogen and oxygen atoms in total. The first-order valence-corrected chi connectivity index (χ1v) is 21.4. The molecule has 58 heavy (non-hydrogen) atoms. The zero-order valence-corrected chi connectivity index (χ0v) is 36.0. The summed E-state index contributed by atoms with van der Waals surface area (Å²) in [7, 11) is 3.14. The van der Waals surface area contributed by atoms with E-state index in [-0.39, 0.29) is 41.6 Å². The van der Waals surface area contributed by atoms with Crippen LogP contribution in [0.3, 0.4) is 0 Å². The van der Waals surface area contributed by atoms with Gasteiger partial charge in [0.25, 0.3) is 0 Å². The number of thioether (sulfide) groups is 2. The minimum atomic E-state index is -0.907. The van der Waals surface area contributed by atoms with E-state index in [0.717, 1.165) is 88.7 Å². The van der Waals surface area contributed by atoms with Gasteiger partial charge in [-0.25, -0.2) is 0 Å². The van der Waals surface area contributed by atoms with Gasteiger partial charge in [0.1, 0.15) is 0 Å². The van der Waals surface area contributed by atoms with Crippen LogP contribution in [0.5, 0.6) is 0 Å². The Morgan fingerprint density at radius 3 is 1.60 bits per heavy atom. The topological polar surface area (TPSA) is 248 Å². The van der Waals surface area contributed by atoms with Crippen molar-refractivity contribution < 1.29 is 29.4 Å². The molecule has 1 aliphatic heterocycles. The van der Waals surface area contributed by atoms with Gasteiger partial charge in [-0.3, -0.25) is 19.2 Å². The Hall–Kier alpha value is -4.90. The molecule has 0 unspecified atom stereocenters. The number of carboxylic acids is 2. The summed E-state index contributed by atoms with van der Waals surface area (Å²) in [4.78, 5) is 62.8. The first kappa shape index (κ1) is 44.2. The number of carbonyl (C=O) groups is 4. The van der Waals surface area contributed by atoms with Crippen molar-refractivity contribution in [1.29, 1.82) is 0 Å². The summed E-state index contributed by atoms with van der Waals surface area (Å²) in [6.45, 7) is 12.3. The number of aliphatic carboxylic acids is 2. The van der Waals surface area contributed by atoms with Gasteiger partial charge >= 0.3 is 11.9 Å². The quantitative estimate of drug-likeness (QED) is 0.0689. The molecule has 0 saturated heterocycles. The second-order valence-corrected chi connectivity index (χ2v) is 17.6. The number of rotatable bonds is 16. The highest BCUT2D eigenvalue weighted by atomic mass is 32.2. The van der Waals surface area contributed by atoms with Crippen molar-refractivity contribution in [2.24, 2.45) is 11.5 Å². The molecule has 5 heterocycles. The van der Waals surface area contributed by atoms with Crippen LogP contribution in [0.15, 0.2) is 0 Å². The van der Waals surface area contributed by atoms with Gasteiger partial charge in [-0.15, -0.1) is 0 Å². The highest BCUT2D eigenvalue weighted by molar-refractivity contribution is 7.99. The predicted molar refractivity (Wildman–Crippen MR) is 233 cm³/mol. The van der Waals surface area contributed by atoms with Crippen LogP contribution in [-0.4, -0.2) is 91.6 Å². The second kappa shape index (κ2) is 18.8. The van der Waals surface area contributed by atoms with E-state index in [1.807, 2.05) is 32.1 Å². The Labute approximate surface area is 345 Å². The molecule has 5 rings (SSSR count). The lowest BCUT2D eigenvalue weighted by Gasteiger charge is -2.16. The van der Waals surface area contributed by atoms with E-state index >= 15 is 0 Å². The van der Waals surface area contributed by atoms with Gasteiger partial charge in [-0.2, -0.15) is 23.5 Å². The number of hydrogen-bond acceptors (Lipinski definition) is 8. The van der Waals surface area contributed by atoms with E-state index in [0.29, 0.717) is 17.9 Å². The predicted octanol–water partition coefficient (Wildman–Crippen LogP) is 1.63. The van der Waals surface area contributed by atoms with Crippen molar-refractivity contribution >= 4 is 71.6 Å². The minimum absolute atomic E-state index is 0.0625. The fourth-order valence-electron chi connectivity index (χ4n) is 7.63. The van der Waals surface area contributed by atoms with Crippen LogP contribution in [0.2, 0.25) is 0 Å². The molecule has 0 aromatic carbocycles. The standard InChI is InChI=1S/C42H56N8O6S2/c1-19-25(9-11-37(51)52)33-16-34-26(10-12-38(53)54)20(2)30(48-34)14-35-40(24(6)58-18-28(44)42(56)46-8)22(4)32(50-35)15-36-39(21(3)31(49-36)13-29(19)47-33)23(5)57-17-27(43)41(55)45-7/h13-16,23-24,27-28,47-50H,9-12,17-18,43-44H2,1-8H3,(H,45,55)(H,46,56)(H,51,52)(H,53,54)/t23-,24-,27+,28+/m1/s1. The van der Waals surface area contributed by atoms with Crippen LogP contribution >= 0.6 is 23.5 Å². The maximum Gasteiger partial charge on any atom is 0.303 e. The number of nitrogens with one attached hydrogen (secondary N) is 6. The molecule has 8 bridgehead atoms. The van der Waals surface area contributed by atoms with Gasteiger partial charge in [-0.05, 0) is 123 Å². The first-order chi connectivity index (χ1) is 27.4. The molecule has 0 fully saturated rings. The van der Waals surface area contributed by atoms with Crippen molar-refractivity contribution in [1.82, 2.24) is 30.6 Å².